The SMILES string of the molecule is CCc1cccc(C)c1-n1nnnc1C1CC1C(=O)O. The van der Waals surface area contributed by atoms with Crippen LogP contribution < -0.4 is 0 Å². The number of rotatable bonds is 4. The second-order valence-electron chi connectivity index (χ2n) is 5.17. The molecule has 104 valence electrons. The number of tetrazole rings is 1. The number of hydrogen-bond donors (Lipinski definition) is 1. The van der Waals surface area contributed by atoms with Gasteiger partial charge in [-0.05, 0) is 41.3 Å². The lowest BCUT2D eigenvalue weighted by molar-refractivity contribution is -0.138. The van der Waals surface area contributed by atoms with Crippen LogP contribution in [-0.2, 0) is 11.2 Å². The first-order valence-electron chi connectivity index (χ1n) is 6.73. The van der Waals surface area contributed by atoms with Gasteiger partial charge in [-0.2, -0.15) is 4.68 Å². The van der Waals surface area contributed by atoms with Gasteiger partial charge in [-0.1, -0.05) is 25.1 Å². The molecule has 1 aliphatic rings. The van der Waals surface area contributed by atoms with Crippen LogP contribution in [0.4, 0.5) is 0 Å². The number of aryl methyl sites for hydroxylation is 2. The van der Waals surface area contributed by atoms with E-state index in [0.29, 0.717) is 12.2 Å². The Labute approximate surface area is 116 Å². The molecule has 2 aromatic rings. The maximum absolute atomic E-state index is 11.0. The Morgan fingerprint density at radius 1 is 1.50 bits per heavy atom. The third kappa shape index (κ3) is 1.97. The highest BCUT2D eigenvalue weighted by molar-refractivity contribution is 5.74. The smallest absolute Gasteiger partial charge is 0.307 e. The normalized spacial score (nSPS) is 20.9. The maximum Gasteiger partial charge on any atom is 0.307 e. The van der Waals surface area contributed by atoms with Crippen molar-refractivity contribution in [2.75, 3.05) is 0 Å². The first-order chi connectivity index (χ1) is 9.63. The summed E-state index contributed by atoms with van der Waals surface area (Å²) in [4.78, 5) is 11.0. The fourth-order valence-corrected chi connectivity index (χ4v) is 2.65. The van der Waals surface area contributed by atoms with Gasteiger partial charge in [-0.3, -0.25) is 4.79 Å². The number of aromatic nitrogens is 4. The number of para-hydroxylation sites is 1. The summed E-state index contributed by atoms with van der Waals surface area (Å²) in [7, 11) is 0. The van der Waals surface area contributed by atoms with E-state index >= 15 is 0 Å². The van der Waals surface area contributed by atoms with Crippen molar-refractivity contribution in [2.45, 2.75) is 32.6 Å². The molecule has 1 fully saturated rings. The molecule has 1 aromatic carbocycles. The maximum atomic E-state index is 11.0. The van der Waals surface area contributed by atoms with Gasteiger partial charge in [0.15, 0.2) is 5.82 Å². The average molecular weight is 272 g/mol. The van der Waals surface area contributed by atoms with Crippen LogP contribution in [0.15, 0.2) is 18.2 Å². The van der Waals surface area contributed by atoms with Crippen LogP contribution in [-0.4, -0.2) is 31.3 Å². The second-order valence-corrected chi connectivity index (χ2v) is 5.17. The topological polar surface area (TPSA) is 80.9 Å². The van der Waals surface area contributed by atoms with Gasteiger partial charge in [0.25, 0.3) is 0 Å². The summed E-state index contributed by atoms with van der Waals surface area (Å²) in [6.07, 6.45) is 1.49. The first kappa shape index (κ1) is 12.8. The molecule has 0 radical (unpaired) electrons. The van der Waals surface area contributed by atoms with Crippen LogP contribution >= 0.6 is 0 Å². The predicted octanol–water partition coefficient (Wildman–Crippen LogP) is 1.72. The van der Waals surface area contributed by atoms with Crippen molar-refractivity contribution in [3.8, 4) is 5.69 Å². The van der Waals surface area contributed by atoms with E-state index in [0.717, 1.165) is 23.2 Å². The van der Waals surface area contributed by atoms with Gasteiger partial charge >= 0.3 is 5.97 Å². The lowest BCUT2D eigenvalue weighted by Crippen LogP contribution is -2.09. The largest absolute Gasteiger partial charge is 0.481 e. The zero-order valence-corrected chi connectivity index (χ0v) is 11.4. The monoisotopic (exact) mass is 272 g/mol. The molecular formula is C14H16N4O2. The fraction of sp³-hybridized carbons (Fsp3) is 0.429. The Morgan fingerprint density at radius 2 is 2.30 bits per heavy atom. The van der Waals surface area contributed by atoms with Crippen LogP contribution in [0, 0.1) is 12.8 Å². The minimum Gasteiger partial charge on any atom is -0.481 e. The molecule has 20 heavy (non-hydrogen) atoms. The van der Waals surface area contributed by atoms with Crippen molar-refractivity contribution < 1.29 is 9.90 Å². The number of hydrogen-bond acceptors (Lipinski definition) is 4. The molecule has 1 aromatic heterocycles. The summed E-state index contributed by atoms with van der Waals surface area (Å²) in [5, 5.41) is 20.9. The standard InChI is InChI=1S/C14H16N4O2/c1-3-9-6-4-5-8(2)12(9)18-13(15-16-17-18)10-7-11(10)14(19)20/h4-6,10-11H,3,7H2,1-2H3,(H,19,20). The number of nitrogens with zero attached hydrogens (tertiary/aromatic N) is 4. The molecule has 2 unspecified atom stereocenters. The summed E-state index contributed by atoms with van der Waals surface area (Å²) in [6.45, 7) is 4.10. The molecule has 0 saturated heterocycles. The van der Waals surface area contributed by atoms with E-state index in [4.69, 9.17) is 5.11 Å². The van der Waals surface area contributed by atoms with E-state index in [-0.39, 0.29) is 11.8 Å². The number of aliphatic carboxylic acids is 1. The molecule has 0 amide bonds. The fourth-order valence-electron chi connectivity index (χ4n) is 2.65. The van der Waals surface area contributed by atoms with E-state index in [2.05, 4.69) is 28.5 Å². The van der Waals surface area contributed by atoms with Gasteiger partial charge in [0.05, 0.1) is 11.6 Å². The summed E-state index contributed by atoms with van der Waals surface area (Å²) in [5.74, 6) is -0.549. The van der Waals surface area contributed by atoms with Gasteiger partial charge in [0.1, 0.15) is 0 Å². The molecular weight excluding hydrogens is 256 g/mol. The second kappa shape index (κ2) is 4.70. The molecule has 1 saturated carbocycles. The van der Waals surface area contributed by atoms with E-state index in [1.165, 1.54) is 0 Å². The van der Waals surface area contributed by atoms with E-state index in [9.17, 15) is 4.79 Å². The van der Waals surface area contributed by atoms with Gasteiger partial charge in [-0.25, -0.2) is 0 Å². The Morgan fingerprint density at radius 3 is 2.95 bits per heavy atom. The Kier molecular flexibility index (Phi) is 3.00. The van der Waals surface area contributed by atoms with Crippen LogP contribution in [0.1, 0.15) is 36.2 Å². The van der Waals surface area contributed by atoms with Crippen LogP contribution in [0.3, 0.4) is 0 Å². The van der Waals surface area contributed by atoms with E-state index in [1.54, 1.807) is 4.68 Å². The highest BCUT2D eigenvalue weighted by Crippen LogP contribution is 2.47. The van der Waals surface area contributed by atoms with Crippen molar-refractivity contribution in [1.82, 2.24) is 20.2 Å². The van der Waals surface area contributed by atoms with Gasteiger partial charge in [0, 0.05) is 5.92 Å². The number of carbonyl (C=O) groups is 1. The molecule has 0 aliphatic heterocycles. The molecule has 2 atom stereocenters. The molecule has 3 rings (SSSR count). The van der Waals surface area contributed by atoms with Crippen molar-refractivity contribution in [1.29, 1.82) is 0 Å². The lowest BCUT2D eigenvalue weighted by Gasteiger charge is -2.12. The molecule has 0 bridgehead atoms. The zero-order chi connectivity index (χ0) is 14.3. The van der Waals surface area contributed by atoms with Gasteiger partial charge < -0.3 is 5.11 Å². The van der Waals surface area contributed by atoms with E-state index in [1.807, 2.05) is 19.1 Å². The van der Waals surface area contributed by atoms with Crippen molar-refractivity contribution in [3.63, 3.8) is 0 Å². The van der Waals surface area contributed by atoms with Crippen molar-refractivity contribution in [3.05, 3.63) is 35.2 Å². The highest BCUT2D eigenvalue weighted by Gasteiger charge is 2.47. The third-order valence-electron chi connectivity index (χ3n) is 3.85. The van der Waals surface area contributed by atoms with Crippen molar-refractivity contribution >= 4 is 5.97 Å². The molecule has 0 spiro atoms. The van der Waals surface area contributed by atoms with Crippen LogP contribution in [0.5, 0.6) is 0 Å². The van der Waals surface area contributed by atoms with Gasteiger partial charge in [-0.15, -0.1) is 5.10 Å². The molecule has 1 heterocycles. The minimum absolute atomic E-state index is 0.0770. The molecule has 6 heteroatoms. The Balaban J connectivity index is 2.05. The summed E-state index contributed by atoms with van der Waals surface area (Å²) >= 11 is 0. The molecule has 1 aliphatic carbocycles. The van der Waals surface area contributed by atoms with Crippen LogP contribution in [0.25, 0.3) is 5.69 Å². The summed E-state index contributed by atoms with van der Waals surface area (Å²) < 4.78 is 1.71. The van der Waals surface area contributed by atoms with Gasteiger partial charge in [0.2, 0.25) is 0 Å². The minimum atomic E-state index is -0.773. The highest BCUT2D eigenvalue weighted by atomic mass is 16.4. The number of carboxylic acid groups (broad SMARTS) is 1. The quantitative estimate of drug-likeness (QED) is 0.916. The third-order valence-corrected chi connectivity index (χ3v) is 3.85. The Bertz CT molecular complexity index is 665. The first-order valence-corrected chi connectivity index (χ1v) is 6.73. The van der Waals surface area contributed by atoms with Crippen LogP contribution in [0.2, 0.25) is 0 Å². The number of carboxylic acids is 1. The van der Waals surface area contributed by atoms with Crippen molar-refractivity contribution in [2.24, 2.45) is 5.92 Å². The summed E-state index contributed by atoms with van der Waals surface area (Å²) in [6, 6.07) is 6.08. The van der Waals surface area contributed by atoms with E-state index < -0.39 is 5.97 Å². The molecule has 1 N–H and O–H groups in total. The predicted molar refractivity (Wildman–Crippen MR) is 71.8 cm³/mol. The molecule has 6 nitrogen and oxygen atoms in total. The number of benzene rings is 1. The zero-order valence-electron chi connectivity index (χ0n) is 11.4. The summed E-state index contributed by atoms with van der Waals surface area (Å²) in [5.41, 5.74) is 3.22. The average Bonchev–Trinajstić information content (AvgIpc) is 3.10. The Hall–Kier alpha value is -2.24. The lowest BCUT2D eigenvalue weighted by atomic mass is 10.1.